The van der Waals surface area contributed by atoms with E-state index in [0.29, 0.717) is 11.2 Å². The molecule has 0 amide bonds. The van der Waals surface area contributed by atoms with Crippen LogP contribution in [0.25, 0.3) is 10.9 Å². The monoisotopic (exact) mass is 412 g/mol. The fraction of sp³-hybridized carbons (Fsp3) is 0.118. The average molecular weight is 412 g/mol. The minimum atomic E-state index is -4.85. The summed E-state index contributed by atoms with van der Waals surface area (Å²) < 4.78 is 55.5. The Labute approximate surface area is 161 Å². The highest BCUT2D eigenvalue weighted by Gasteiger charge is 2.31. The summed E-state index contributed by atoms with van der Waals surface area (Å²) in [7, 11) is 1.51. The first-order valence-corrected chi connectivity index (χ1v) is 8.10. The number of anilines is 1. The summed E-state index contributed by atoms with van der Waals surface area (Å²) in [5, 5.41) is 20.6. The minimum absolute atomic E-state index is 0.0756. The summed E-state index contributed by atoms with van der Waals surface area (Å²) in [6.45, 7) is 0. The molecule has 0 saturated carbocycles. The number of nitrogens with one attached hydrogen (secondary N) is 1. The molecule has 146 valence electrons. The molecule has 0 radical (unpaired) electrons. The van der Waals surface area contributed by atoms with Gasteiger partial charge in [0.25, 0.3) is 0 Å². The van der Waals surface area contributed by atoms with Crippen molar-refractivity contribution in [3.8, 4) is 11.6 Å². The van der Waals surface area contributed by atoms with Gasteiger partial charge in [0.1, 0.15) is 11.6 Å². The van der Waals surface area contributed by atoms with Crippen LogP contribution in [0.5, 0.6) is 11.6 Å². The van der Waals surface area contributed by atoms with Crippen LogP contribution < -0.4 is 10.1 Å². The molecule has 3 rings (SSSR count). The second kappa shape index (κ2) is 7.43. The van der Waals surface area contributed by atoms with E-state index in [1.165, 1.54) is 41.9 Å². The Bertz CT molecular complexity index is 1060. The molecule has 0 aliphatic rings. The zero-order chi connectivity index (χ0) is 20.5. The lowest BCUT2D eigenvalue weighted by molar-refractivity contribution is -0.274. The summed E-state index contributed by atoms with van der Waals surface area (Å²) in [4.78, 5) is 0. The number of nitrogens with zero attached hydrogens (tertiary/aromatic N) is 3. The Morgan fingerprint density at radius 3 is 2.50 bits per heavy atom. The van der Waals surface area contributed by atoms with Crippen molar-refractivity contribution < 1.29 is 27.4 Å². The van der Waals surface area contributed by atoms with Crippen molar-refractivity contribution in [2.75, 3.05) is 5.32 Å². The van der Waals surface area contributed by atoms with Crippen molar-refractivity contribution in [2.45, 2.75) is 6.36 Å². The molecule has 1 aromatic heterocycles. The van der Waals surface area contributed by atoms with Gasteiger partial charge in [0, 0.05) is 18.1 Å². The SMILES string of the molecule is Cn1c(O)c(N=NC(=S)Nc2ccc(F)cc2)c2cc(OC(F)(F)F)ccc21. The van der Waals surface area contributed by atoms with Gasteiger partial charge in [-0.25, -0.2) is 4.39 Å². The standard InChI is InChI=1S/C17H12F4N4O2S/c1-25-13-7-6-11(27-17(19,20)21)8-12(13)14(15(25)26)23-24-16(28)22-10-4-2-9(18)3-5-10/h2-8,26H,1H3,(H,22,28). The Balaban J connectivity index is 1.89. The minimum Gasteiger partial charge on any atom is -0.493 e. The molecule has 2 aromatic carbocycles. The van der Waals surface area contributed by atoms with Gasteiger partial charge in [-0.05, 0) is 54.7 Å². The number of aryl methyl sites for hydroxylation is 1. The number of rotatable bonds is 3. The highest BCUT2D eigenvalue weighted by molar-refractivity contribution is 7.80. The first-order valence-electron chi connectivity index (χ1n) is 7.69. The number of fused-ring (bicyclic) bond motifs is 1. The van der Waals surface area contributed by atoms with Gasteiger partial charge in [-0.3, -0.25) is 0 Å². The van der Waals surface area contributed by atoms with E-state index in [2.05, 4.69) is 20.3 Å². The van der Waals surface area contributed by atoms with Crippen LogP contribution in [-0.2, 0) is 7.05 Å². The topological polar surface area (TPSA) is 71.1 Å². The first-order chi connectivity index (χ1) is 13.1. The average Bonchev–Trinajstić information content (AvgIpc) is 2.84. The molecule has 0 aliphatic heterocycles. The number of benzene rings is 2. The van der Waals surface area contributed by atoms with Crippen LogP contribution >= 0.6 is 12.2 Å². The molecule has 6 nitrogen and oxygen atoms in total. The summed E-state index contributed by atoms with van der Waals surface area (Å²) in [6, 6.07) is 8.89. The Morgan fingerprint density at radius 1 is 1.18 bits per heavy atom. The number of azo groups is 1. The lowest BCUT2D eigenvalue weighted by atomic mass is 10.2. The quantitative estimate of drug-likeness (QED) is 0.343. The number of aromatic hydroxyl groups is 1. The molecule has 1 heterocycles. The fourth-order valence-electron chi connectivity index (χ4n) is 2.46. The van der Waals surface area contributed by atoms with E-state index < -0.39 is 17.9 Å². The van der Waals surface area contributed by atoms with Crippen molar-refractivity contribution in [3.63, 3.8) is 0 Å². The number of thiocarbonyl (C=S) groups is 1. The summed E-state index contributed by atoms with van der Waals surface area (Å²) in [6.07, 6.45) is -4.85. The second-order valence-corrected chi connectivity index (χ2v) is 5.98. The third-order valence-corrected chi connectivity index (χ3v) is 3.87. The van der Waals surface area contributed by atoms with Crippen molar-refractivity contribution in [1.82, 2.24) is 4.57 Å². The van der Waals surface area contributed by atoms with Crippen LogP contribution in [0.4, 0.5) is 28.9 Å². The van der Waals surface area contributed by atoms with Crippen molar-refractivity contribution in [1.29, 1.82) is 0 Å². The van der Waals surface area contributed by atoms with E-state index in [9.17, 15) is 22.7 Å². The zero-order valence-electron chi connectivity index (χ0n) is 14.2. The highest BCUT2D eigenvalue weighted by atomic mass is 32.1. The molecular weight excluding hydrogens is 400 g/mol. The number of hydrogen-bond acceptors (Lipinski definition) is 4. The van der Waals surface area contributed by atoms with Crippen LogP contribution in [-0.4, -0.2) is 21.1 Å². The van der Waals surface area contributed by atoms with Gasteiger partial charge >= 0.3 is 6.36 Å². The Kier molecular flexibility index (Phi) is 5.18. The molecule has 0 saturated heterocycles. The van der Waals surface area contributed by atoms with Crippen LogP contribution in [0.2, 0.25) is 0 Å². The van der Waals surface area contributed by atoms with Gasteiger partial charge in [-0.2, -0.15) is 0 Å². The maximum absolute atomic E-state index is 12.9. The fourth-order valence-corrected chi connectivity index (χ4v) is 2.62. The molecule has 0 aliphatic carbocycles. The normalized spacial score (nSPS) is 11.9. The van der Waals surface area contributed by atoms with Crippen molar-refractivity contribution in [2.24, 2.45) is 17.3 Å². The lowest BCUT2D eigenvalue weighted by Crippen LogP contribution is -2.16. The van der Waals surface area contributed by atoms with Gasteiger partial charge in [0.2, 0.25) is 11.0 Å². The molecule has 0 atom stereocenters. The van der Waals surface area contributed by atoms with Gasteiger partial charge < -0.3 is 19.7 Å². The third kappa shape index (κ3) is 4.36. The van der Waals surface area contributed by atoms with E-state index in [-0.39, 0.29) is 22.1 Å². The zero-order valence-corrected chi connectivity index (χ0v) is 15.0. The third-order valence-electron chi connectivity index (χ3n) is 3.68. The maximum Gasteiger partial charge on any atom is 0.573 e. The number of hydrogen-bond donors (Lipinski definition) is 2. The van der Waals surface area contributed by atoms with E-state index in [4.69, 9.17) is 12.2 Å². The molecule has 0 spiro atoms. The molecule has 3 aromatic rings. The number of alkyl halides is 3. The van der Waals surface area contributed by atoms with Gasteiger partial charge in [0.05, 0.1) is 5.52 Å². The molecular formula is C17H12F4N4O2S. The predicted octanol–water partition coefficient (Wildman–Crippen LogP) is 5.40. The summed E-state index contributed by atoms with van der Waals surface area (Å²) in [5.74, 6) is -1.20. The summed E-state index contributed by atoms with van der Waals surface area (Å²) in [5.41, 5.74) is 0.806. The Hall–Kier alpha value is -3.21. The molecule has 0 fully saturated rings. The van der Waals surface area contributed by atoms with Crippen molar-refractivity contribution >= 4 is 39.6 Å². The largest absolute Gasteiger partial charge is 0.573 e. The summed E-state index contributed by atoms with van der Waals surface area (Å²) >= 11 is 5.01. The Morgan fingerprint density at radius 2 is 1.86 bits per heavy atom. The van der Waals surface area contributed by atoms with E-state index in [1.807, 2.05) is 0 Å². The number of halogens is 4. The van der Waals surface area contributed by atoms with Gasteiger partial charge in [0.15, 0.2) is 5.69 Å². The smallest absolute Gasteiger partial charge is 0.493 e. The molecule has 0 bridgehead atoms. The molecule has 2 N–H and O–H groups in total. The van der Waals surface area contributed by atoms with E-state index in [1.54, 1.807) is 0 Å². The van der Waals surface area contributed by atoms with Gasteiger partial charge in [-0.1, -0.05) is 0 Å². The molecule has 28 heavy (non-hydrogen) atoms. The van der Waals surface area contributed by atoms with Crippen LogP contribution in [0.15, 0.2) is 52.7 Å². The number of aromatic nitrogens is 1. The first kappa shape index (κ1) is 19.5. The number of ether oxygens (including phenoxy) is 1. The van der Waals surface area contributed by atoms with E-state index in [0.717, 1.165) is 12.1 Å². The van der Waals surface area contributed by atoms with E-state index >= 15 is 0 Å². The predicted molar refractivity (Wildman–Crippen MR) is 98.4 cm³/mol. The maximum atomic E-state index is 12.9. The molecule has 11 heteroatoms. The van der Waals surface area contributed by atoms with Crippen LogP contribution in [0.1, 0.15) is 0 Å². The highest BCUT2D eigenvalue weighted by Crippen LogP contribution is 2.40. The van der Waals surface area contributed by atoms with Crippen LogP contribution in [0, 0.1) is 5.82 Å². The molecule has 0 unspecified atom stereocenters. The van der Waals surface area contributed by atoms with Crippen molar-refractivity contribution in [3.05, 3.63) is 48.3 Å². The second-order valence-electron chi connectivity index (χ2n) is 5.60. The van der Waals surface area contributed by atoms with Gasteiger partial charge in [-0.15, -0.1) is 23.4 Å². The lowest BCUT2D eigenvalue weighted by Gasteiger charge is -2.08. The van der Waals surface area contributed by atoms with Crippen LogP contribution in [0.3, 0.4) is 0 Å².